The zero-order chi connectivity index (χ0) is 13.1. The van der Waals surface area contributed by atoms with Crippen molar-refractivity contribution < 1.29 is 14.3 Å². The van der Waals surface area contributed by atoms with Gasteiger partial charge < -0.3 is 14.8 Å². The van der Waals surface area contributed by atoms with Crippen molar-refractivity contribution in [1.82, 2.24) is 5.32 Å². The fourth-order valence-corrected chi connectivity index (χ4v) is 1.80. The topological polar surface area (TPSA) is 47.6 Å². The highest BCUT2D eigenvalue weighted by Crippen LogP contribution is 2.26. The molecule has 0 unspecified atom stereocenters. The number of allylic oxidation sites excluding steroid dienone is 1. The van der Waals surface area contributed by atoms with Crippen molar-refractivity contribution >= 4 is 5.97 Å². The van der Waals surface area contributed by atoms with Crippen LogP contribution in [-0.4, -0.2) is 19.6 Å². The molecule has 0 fully saturated rings. The highest BCUT2D eigenvalue weighted by atomic mass is 16.5. The summed E-state index contributed by atoms with van der Waals surface area (Å²) in [5, 5.41) is 3.30. The van der Waals surface area contributed by atoms with E-state index in [1.807, 2.05) is 19.9 Å². The summed E-state index contributed by atoms with van der Waals surface area (Å²) in [4.78, 5) is 11.5. The Labute approximate surface area is 107 Å². The fraction of sp³-hybridized carbons (Fsp3) is 0.357. The molecule has 1 aliphatic rings. The Bertz CT molecular complexity index is 502. The SMILES string of the molecule is COC(=O)c1ccc2c(c1)OC(=C(C)C)CNC2. The molecule has 2 rings (SSSR count). The third kappa shape index (κ3) is 2.54. The van der Waals surface area contributed by atoms with Crippen LogP contribution in [0.3, 0.4) is 0 Å². The second kappa shape index (κ2) is 5.23. The lowest BCUT2D eigenvalue weighted by Crippen LogP contribution is -2.15. The third-order valence-electron chi connectivity index (χ3n) is 2.88. The van der Waals surface area contributed by atoms with Crippen LogP contribution in [0.4, 0.5) is 0 Å². The second-order valence-corrected chi connectivity index (χ2v) is 4.44. The number of esters is 1. The van der Waals surface area contributed by atoms with Crippen LogP contribution in [0.25, 0.3) is 0 Å². The Morgan fingerprint density at radius 2 is 2.11 bits per heavy atom. The summed E-state index contributed by atoms with van der Waals surface area (Å²) in [6.07, 6.45) is 0. The lowest BCUT2D eigenvalue weighted by molar-refractivity contribution is 0.0600. The molecule has 0 aromatic heterocycles. The third-order valence-corrected chi connectivity index (χ3v) is 2.88. The van der Waals surface area contributed by atoms with Crippen molar-refractivity contribution in [2.45, 2.75) is 20.4 Å². The van der Waals surface area contributed by atoms with Crippen molar-refractivity contribution in [3.8, 4) is 5.75 Å². The molecule has 0 amide bonds. The Morgan fingerprint density at radius 3 is 2.78 bits per heavy atom. The van der Waals surface area contributed by atoms with Gasteiger partial charge >= 0.3 is 5.97 Å². The molecule has 1 N–H and O–H groups in total. The molecule has 0 bridgehead atoms. The van der Waals surface area contributed by atoms with Crippen LogP contribution in [0.1, 0.15) is 29.8 Å². The molecule has 0 saturated carbocycles. The van der Waals surface area contributed by atoms with Gasteiger partial charge in [-0.2, -0.15) is 0 Å². The molecule has 1 aliphatic heterocycles. The van der Waals surface area contributed by atoms with Crippen LogP contribution < -0.4 is 10.1 Å². The van der Waals surface area contributed by atoms with E-state index in [1.54, 1.807) is 12.1 Å². The van der Waals surface area contributed by atoms with E-state index in [0.717, 1.165) is 29.2 Å². The number of fused-ring (bicyclic) bond motifs is 1. The normalized spacial score (nSPS) is 14.3. The van der Waals surface area contributed by atoms with E-state index in [0.29, 0.717) is 12.1 Å². The van der Waals surface area contributed by atoms with Gasteiger partial charge in [0.15, 0.2) is 0 Å². The number of rotatable bonds is 1. The predicted octanol–water partition coefficient (Wildman–Crippen LogP) is 2.25. The van der Waals surface area contributed by atoms with Gasteiger partial charge in [-0.15, -0.1) is 0 Å². The monoisotopic (exact) mass is 247 g/mol. The summed E-state index contributed by atoms with van der Waals surface area (Å²) in [7, 11) is 1.37. The molecule has 4 heteroatoms. The van der Waals surface area contributed by atoms with E-state index in [-0.39, 0.29) is 5.97 Å². The van der Waals surface area contributed by atoms with Gasteiger partial charge in [0, 0.05) is 12.1 Å². The Hall–Kier alpha value is -1.81. The maximum atomic E-state index is 11.5. The average Bonchev–Trinajstić information content (AvgIpc) is 2.58. The van der Waals surface area contributed by atoms with Gasteiger partial charge in [-0.05, 0) is 31.6 Å². The summed E-state index contributed by atoms with van der Waals surface area (Å²) in [6, 6.07) is 5.38. The van der Waals surface area contributed by atoms with Gasteiger partial charge in [0.25, 0.3) is 0 Å². The van der Waals surface area contributed by atoms with Gasteiger partial charge in [-0.1, -0.05) is 6.07 Å². The van der Waals surface area contributed by atoms with Crippen molar-refractivity contribution in [1.29, 1.82) is 0 Å². The first-order valence-electron chi connectivity index (χ1n) is 5.88. The molecule has 4 nitrogen and oxygen atoms in total. The molecule has 0 spiro atoms. The summed E-state index contributed by atoms with van der Waals surface area (Å²) < 4.78 is 10.6. The van der Waals surface area contributed by atoms with Crippen molar-refractivity contribution in [3.05, 3.63) is 40.7 Å². The van der Waals surface area contributed by atoms with Crippen LogP contribution in [0.15, 0.2) is 29.5 Å². The molecule has 1 heterocycles. The van der Waals surface area contributed by atoms with E-state index < -0.39 is 0 Å². The van der Waals surface area contributed by atoms with Crippen LogP contribution in [0.5, 0.6) is 5.75 Å². The molecule has 1 aromatic rings. The highest BCUT2D eigenvalue weighted by Gasteiger charge is 2.15. The number of methoxy groups -OCH3 is 1. The largest absolute Gasteiger partial charge is 0.465 e. The number of hydrogen-bond donors (Lipinski definition) is 1. The Morgan fingerprint density at radius 1 is 1.33 bits per heavy atom. The van der Waals surface area contributed by atoms with Gasteiger partial charge in [-0.3, -0.25) is 0 Å². The minimum Gasteiger partial charge on any atom is -0.465 e. The van der Waals surface area contributed by atoms with Gasteiger partial charge in [0.05, 0.1) is 19.2 Å². The standard InChI is InChI=1S/C14H17NO3/c1-9(2)13-8-15-7-11-5-4-10(14(16)17-3)6-12(11)18-13/h4-6,15H,7-8H2,1-3H3. The summed E-state index contributed by atoms with van der Waals surface area (Å²) in [6.45, 7) is 5.44. The second-order valence-electron chi connectivity index (χ2n) is 4.44. The molecule has 96 valence electrons. The minimum atomic E-state index is -0.350. The van der Waals surface area contributed by atoms with Crippen molar-refractivity contribution in [2.24, 2.45) is 0 Å². The quantitative estimate of drug-likeness (QED) is 0.773. The first kappa shape index (κ1) is 12.6. The number of ether oxygens (including phenoxy) is 2. The number of carbonyl (C=O) groups is 1. The van der Waals surface area contributed by atoms with E-state index >= 15 is 0 Å². The van der Waals surface area contributed by atoms with E-state index in [2.05, 4.69) is 5.32 Å². The Balaban J connectivity index is 2.39. The predicted molar refractivity (Wildman–Crippen MR) is 68.5 cm³/mol. The van der Waals surface area contributed by atoms with Crippen LogP contribution >= 0.6 is 0 Å². The maximum Gasteiger partial charge on any atom is 0.337 e. The molecule has 0 saturated heterocycles. The summed E-state index contributed by atoms with van der Waals surface area (Å²) in [5.41, 5.74) is 2.67. The molecular formula is C14H17NO3. The highest BCUT2D eigenvalue weighted by molar-refractivity contribution is 5.89. The van der Waals surface area contributed by atoms with Crippen molar-refractivity contribution in [2.75, 3.05) is 13.7 Å². The van der Waals surface area contributed by atoms with Gasteiger partial charge in [0.1, 0.15) is 11.5 Å². The number of nitrogens with one attached hydrogen (secondary N) is 1. The maximum absolute atomic E-state index is 11.5. The lowest BCUT2D eigenvalue weighted by atomic mass is 10.1. The minimum absolute atomic E-state index is 0.350. The summed E-state index contributed by atoms with van der Waals surface area (Å²) in [5.74, 6) is 1.27. The van der Waals surface area contributed by atoms with E-state index in [4.69, 9.17) is 9.47 Å². The average molecular weight is 247 g/mol. The molecule has 0 radical (unpaired) electrons. The van der Waals surface area contributed by atoms with Crippen LogP contribution in [0.2, 0.25) is 0 Å². The zero-order valence-corrected chi connectivity index (χ0v) is 10.9. The molecule has 18 heavy (non-hydrogen) atoms. The zero-order valence-electron chi connectivity index (χ0n) is 10.9. The number of benzene rings is 1. The Kier molecular flexibility index (Phi) is 3.67. The smallest absolute Gasteiger partial charge is 0.337 e. The van der Waals surface area contributed by atoms with Crippen LogP contribution in [-0.2, 0) is 11.3 Å². The number of carbonyl (C=O) groups excluding carboxylic acids is 1. The van der Waals surface area contributed by atoms with Crippen LogP contribution in [0, 0.1) is 0 Å². The van der Waals surface area contributed by atoms with Gasteiger partial charge in [-0.25, -0.2) is 4.79 Å². The van der Waals surface area contributed by atoms with Crippen molar-refractivity contribution in [3.63, 3.8) is 0 Å². The van der Waals surface area contributed by atoms with E-state index in [9.17, 15) is 4.79 Å². The van der Waals surface area contributed by atoms with Gasteiger partial charge in [0.2, 0.25) is 0 Å². The number of hydrogen-bond acceptors (Lipinski definition) is 4. The summed E-state index contributed by atoms with van der Waals surface area (Å²) >= 11 is 0. The first-order valence-corrected chi connectivity index (χ1v) is 5.88. The molecule has 0 atom stereocenters. The molecular weight excluding hydrogens is 230 g/mol. The molecule has 1 aromatic carbocycles. The lowest BCUT2D eigenvalue weighted by Gasteiger charge is -2.11. The first-order chi connectivity index (χ1) is 8.61. The fourth-order valence-electron chi connectivity index (χ4n) is 1.80. The molecule has 0 aliphatic carbocycles. The van der Waals surface area contributed by atoms with E-state index in [1.165, 1.54) is 7.11 Å².